The van der Waals surface area contributed by atoms with Crippen LogP contribution in [0.5, 0.6) is 0 Å². The molecule has 2 heteroatoms. The van der Waals surface area contributed by atoms with E-state index in [-0.39, 0.29) is 6.10 Å². The van der Waals surface area contributed by atoms with Gasteiger partial charge in [0.2, 0.25) is 0 Å². The maximum atomic E-state index is 10.3. The first-order valence-corrected chi connectivity index (χ1v) is 16.5. The van der Waals surface area contributed by atoms with E-state index in [0.29, 0.717) is 9.35 Å². The molecule has 0 bridgehead atoms. The average molecular weight is 319 g/mol. The molecule has 15 heavy (non-hydrogen) atoms. The van der Waals surface area contributed by atoms with Crippen LogP contribution in [-0.4, -0.2) is 29.6 Å². The number of hydrogen-bond donors (Lipinski definition) is 1. The Morgan fingerprint density at radius 3 is 1.93 bits per heavy atom. The summed E-state index contributed by atoms with van der Waals surface area (Å²) in [5.74, 6) is 0.720. The van der Waals surface area contributed by atoms with E-state index in [1.54, 1.807) is 0 Å². The van der Waals surface area contributed by atoms with Crippen LogP contribution < -0.4 is 0 Å². The molecule has 1 saturated carbocycles. The molecule has 0 saturated heterocycles. The zero-order valence-corrected chi connectivity index (χ0v) is 14.2. The van der Waals surface area contributed by atoms with Crippen LogP contribution in [0.1, 0.15) is 40.0 Å². The Morgan fingerprint density at radius 1 is 1.07 bits per heavy atom. The Hall–Kier alpha value is 0.759. The second-order valence-electron chi connectivity index (χ2n) is 7.42. The van der Waals surface area contributed by atoms with Crippen molar-refractivity contribution in [1.29, 1.82) is 0 Å². The van der Waals surface area contributed by atoms with Crippen LogP contribution >= 0.6 is 0 Å². The van der Waals surface area contributed by atoms with Gasteiger partial charge >= 0.3 is 99.7 Å². The van der Waals surface area contributed by atoms with Crippen molar-refractivity contribution in [2.75, 3.05) is 0 Å². The van der Waals surface area contributed by atoms with Crippen molar-refractivity contribution in [2.45, 2.75) is 64.9 Å². The second kappa shape index (κ2) is 4.56. The van der Waals surface area contributed by atoms with Gasteiger partial charge in [0.25, 0.3) is 0 Å². The van der Waals surface area contributed by atoms with E-state index in [2.05, 4.69) is 35.6 Å². The Kier molecular flexibility index (Phi) is 4.20. The van der Waals surface area contributed by atoms with Gasteiger partial charge in [0.15, 0.2) is 0 Å². The number of hydrogen-bond acceptors (Lipinski definition) is 1. The van der Waals surface area contributed by atoms with Crippen molar-refractivity contribution >= 4 is 18.4 Å². The SMILES string of the molecule is CC(C)(C)[C@@H]1CC[C@H]([Sn]([CH3])([CH3])[CH3])[C@@H](O)C1. The van der Waals surface area contributed by atoms with E-state index in [0.717, 1.165) is 12.3 Å². The summed E-state index contributed by atoms with van der Waals surface area (Å²) in [4.78, 5) is 7.37. The molecular weight excluding hydrogens is 291 g/mol. The molecule has 3 atom stereocenters. The van der Waals surface area contributed by atoms with Crippen molar-refractivity contribution in [3.05, 3.63) is 0 Å². The molecule has 1 rings (SSSR count). The molecule has 0 aromatic rings. The molecule has 90 valence electrons. The van der Waals surface area contributed by atoms with Crippen molar-refractivity contribution < 1.29 is 5.11 Å². The Morgan fingerprint density at radius 2 is 1.60 bits per heavy atom. The topological polar surface area (TPSA) is 20.2 Å². The summed E-state index contributed by atoms with van der Waals surface area (Å²) in [6.45, 7) is 6.93. The summed E-state index contributed by atoms with van der Waals surface area (Å²) < 4.78 is 0.692. The maximum absolute atomic E-state index is 10.3. The minimum atomic E-state index is -1.88. The molecule has 0 aromatic heterocycles. The fourth-order valence-electron chi connectivity index (χ4n) is 2.94. The van der Waals surface area contributed by atoms with Crippen LogP contribution in [0.2, 0.25) is 18.8 Å². The Bertz CT molecular complexity index is 212. The summed E-state index contributed by atoms with van der Waals surface area (Å²) in [7, 11) is 0. The molecule has 0 unspecified atom stereocenters. The third kappa shape index (κ3) is 3.62. The molecule has 0 amide bonds. The van der Waals surface area contributed by atoms with Crippen molar-refractivity contribution in [2.24, 2.45) is 11.3 Å². The van der Waals surface area contributed by atoms with E-state index in [1.165, 1.54) is 12.8 Å². The van der Waals surface area contributed by atoms with E-state index in [4.69, 9.17) is 0 Å². The average Bonchev–Trinajstić information content (AvgIpc) is 1.99. The monoisotopic (exact) mass is 320 g/mol. The zero-order chi connectivity index (χ0) is 11.9. The number of rotatable bonds is 1. The summed E-state index contributed by atoms with van der Waals surface area (Å²) in [5.41, 5.74) is 0.374. The first-order valence-electron chi connectivity index (χ1n) is 6.30. The molecule has 1 nitrogen and oxygen atoms in total. The molecule has 1 fully saturated rings. The van der Waals surface area contributed by atoms with E-state index in [9.17, 15) is 5.11 Å². The molecule has 1 aliphatic carbocycles. The molecule has 0 spiro atoms. The van der Waals surface area contributed by atoms with Crippen LogP contribution in [0.15, 0.2) is 0 Å². The fourth-order valence-corrected chi connectivity index (χ4v) is 9.57. The van der Waals surface area contributed by atoms with Gasteiger partial charge in [-0.2, -0.15) is 0 Å². The third-order valence-corrected chi connectivity index (χ3v) is 12.4. The summed E-state index contributed by atoms with van der Waals surface area (Å²) in [6, 6.07) is 0. The van der Waals surface area contributed by atoms with Gasteiger partial charge in [-0.15, -0.1) is 0 Å². The van der Waals surface area contributed by atoms with Gasteiger partial charge in [-0.1, -0.05) is 0 Å². The minimum absolute atomic E-state index is 0.00113. The second-order valence-corrected chi connectivity index (χ2v) is 23.0. The summed E-state index contributed by atoms with van der Waals surface area (Å²) in [5, 5.41) is 10.3. The predicted octanol–water partition coefficient (Wildman–Crippen LogP) is 3.90. The van der Waals surface area contributed by atoms with Gasteiger partial charge in [0, 0.05) is 0 Å². The van der Waals surface area contributed by atoms with Crippen LogP contribution in [0.25, 0.3) is 0 Å². The molecule has 0 aliphatic heterocycles. The first-order chi connectivity index (χ1) is 6.62. The van der Waals surface area contributed by atoms with Gasteiger partial charge < -0.3 is 0 Å². The quantitative estimate of drug-likeness (QED) is 0.727. The molecule has 0 radical (unpaired) electrons. The van der Waals surface area contributed by atoms with E-state index in [1.807, 2.05) is 0 Å². The van der Waals surface area contributed by atoms with Crippen molar-refractivity contribution in [3.63, 3.8) is 0 Å². The number of aliphatic hydroxyl groups is 1. The van der Waals surface area contributed by atoms with Crippen LogP contribution in [-0.2, 0) is 0 Å². The first kappa shape index (κ1) is 13.8. The Balaban J connectivity index is 2.64. The number of aliphatic hydroxyl groups excluding tert-OH is 1. The van der Waals surface area contributed by atoms with Gasteiger partial charge in [-0.25, -0.2) is 0 Å². The van der Waals surface area contributed by atoms with Crippen molar-refractivity contribution in [1.82, 2.24) is 0 Å². The van der Waals surface area contributed by atoms with Gasteiger partial charge in [-0.3, -0.25) is 0 Å². The molecule has 1 N–H and O–H groups in total. The standard InChI is InChI=1S/C10H19O.3CH3.Sn/c1-10(2,3)8-5-4-6-9(11)7-8;;;;/h6,8-9,11H,4-5,7H2,1-3H3;3*1H3;/t8-,9-;;;;/m1..../s1. The summed E-state index contributed by atoms with van der Waals surface area (Å²) in [6.07, 6.45) is 3.66. The van der Waals surface area contributed by atoms with Gasteiger partial charge in [-0.05, 0) is 0 Å². The van der Waals surface area contributed by atoms with Crippen LogP contribution in [0.4, 0.5) is 0 Å². The molecule has 1 aliphatic rings. The molecule has 0 heterocycles. The summed E-state index contributed by atoms with van der Waals surface area (Å²) >= 11 is -1.88. The zero-order valence-electron chi connectivity index (χ0n) is 11.3. The third-order valence-electron chi connectivity index (χ3n) is 4.15. The molecular formula is C13H28OSn. The fraction of sp³-hybridized carbons (Fsp3) is 1.00. The van der Waals surface area contributed by atoms with Gasteiger partial charge in [0.1, 0.15) is 0 Å². The molecule has 0 aromatic carbocycles. The van der Waals surface area contributed by atoms with Crippen molar-refractivity contribution in [3.8, 4) is 0 Å². The van der Waals surface area contributed by atoms with Crippen LogP contribution in [0, 0.1) is 11.3 Å². The normalized spacial score (nSPS) is 34.2. The van der Waals surface area contributed by atoms with Crippen LogP contribution in [0.3, 0.4) is 0 Å². The van der Waals surface area contributed by atoms with E-state index >= 15 is 0 Å². The predicted molar refractivity (Wildman–Crippen MR) is 69.9 cm³/mol. The van der Waals surface area contributed by atoms with E-state index < -0.39 is 18.4 Å². The Labute approximate surface area is 99.5 Å². The van der Waals surface area contributed by atoms with Gasteiger partial charge in [0.05, 0.1) is 0 Å².